The summed E-state index contributed by atoms with van der Waals surface area (Å²) in [5, 5.41) is 13.0. The number of halogens is 1. The second kappa shape index (κ2) is 9.23. The second-order valence-electron chi connectivity index (χ2n) is 6.45. The summed E-state index contributed by atoms with van der Waals surface area (Å²) in [7, 11) is 3.23. The summed E-state index contributed by atoms with van der Waals surface area (Å²) in [5.74, 6) is 2.93. The smallest absolute Gasteiger partial charge is 0.174 e. The fraction of sp³-hybridized carbons (Fsp3) is 0.474. The molecule has 146 valence electrons. The van der Waals surface area contributed by atoms with E-state index in [1.165, 1.54) is 0 Å². The van der Waals surface area contributed by atoms with Crippen LogP contribution >= 0.6 is 15.9 Å². The highest BCUT2D eigenvalue weighted by Gasteiger charge is 2.23. The van der Waals surface area contributed by atoms with Gasteiger partial charge in [-0.05, 0) is 52.9 Å². The minimum Gasteiger partial charge on any atom is -0.493 e. The first-order valence-electron chi connectivity index (χ1n) is 9.00. The van der Waals surface area contributed by atoms with E-state index in [-0.39, 0.29) is 12.6 Å². The number of benzene rings is 1. The summed E-state index contributed by atoms with van der Waals surface area (Å²) < 4.78 is 11.6. The number of hydrogen-bond acceptors (Lipinski definition) is 7. The third kappa shape index (κ3) is 4.62. The van der Waals surface area contributed by atoms with Gasteiger partial charge in [0.2, 0.25) is 0 Å². The first-order valence-corrected chi connectivity index (χ1v) is 9.79. The number of ether oxygens (including phenoxy) is 2. The molecule has 0 amide bonds. The fourth-order valence-electron chi connectivity index (χ4n) is 3.36. The maximum absolute atomic E-state index is 9.63. The van der Waals surface area contributed by atoms with Crippen molar-refractivity contribution in [3.05, 3.63) is 34.6 Å². The van der Waals surface area contributed by atoms with Crippen LogP contribution in [0.15, 0.2) is 29.0 Å². The molecule has 1 aliphatic heterocycles. The minimum absolute atomic E-state index is 0.128. The lowest BCUT2D eigenvalue weighted by molar-refractivity contribution is 0.239. The van der Waals surface area contributed by atoms with Gasteiger partial charge >= 0.3 is 0 Å². The Morgan fingerprint density at radius 1 is 1.22 bits per heavy atom. The van der Waals surface area contributed by atoms with Crippen LogP contribution in [0.25, 0.3) is 0 Å². The van der Waals surface area contributed by atoms with Gasteiger partial charge < -0.3 is 24.8 Å². The summed E-state index contributed by atoms with van der Waals surface area (Å²) in [6.45, 7) is 1.63. The second-order valence-corrected chi connectivity index (χ2v) is 7.31. The van der Waals surface area contributed by atoms with Gasteiger partial charge in [0.25, 0.3) is 0 Å². The molecule has 1 saturated heterocycles. The molecule has 0 spiro atoms. The van der Waals surface area contributed by atoms with E-state index < -0.39 is 0 Å². The number of aliphatic hydroxyl groups is 1. The van der Waals surface area contributed by atoms with Crippen LogP contribution < -0.4 is 19.7 Å². The van der Waals surface area contributed by atoms with Crippen molar-refractivity contribution < 1.29 is 14.6 Å². The number of aromatic nitrogens is 2. The summed E-state index contributed by atoms with van der Waals surface area (Å²) in [5.41, 5.74) is 1.03. The van der Waals surface area contributed by atoms with Gasteiger partial charge in [0, 0.05) is 19.2 Å². The van der Waals surface area contributed by atoms with Crippen LogP contribution in [0.3, 0.4) is 0 Å². The van der Waals surface area contributed by atoms with Gasteiger partial charge in [-0.1, -0.05) is 0 Å². The normalized spacial score (nSPS) is 16.9. The van der Waals surface area contributed by atoms with Gasteiger partial charge in [-0.3, -0.25) is 0 Å². The fourth-order valence-corrected chi connectivity index (χ4v) is 4.01. The van der Waals surface area contributed by atoms with E-state index in [4.69, 9.17) is 9.47 Å². The monoisotopic (exact) mass is 436 g/mol. The maximum Gasteiger partial charge on any atom is 0.174 e. The van der Waals surface area contributed by atoms with Gasteiger partial charge in [-0.2, -0.15) is 0 Å². The van der Waals surface area contributed by atoms with Crippen LogP contribution in [0.2, 0.25) is 0 Å². The standard InChI is InChI=1S/C19H25BrN4O3/c1-26-16-8-13(7-15(20)19(16)27-2)10-21-17-9-18(23-12-22-17)24-6-4-3-5-14(24)11-25/h7-9,12,14,25H,3-6,10-11H2,1-2H3,(H,21,22,23). The molecular weight excluding hydrogens is 412 g/mol. The van der Waals surface area contributed by atoms with E-state index in [1.807, 2.05) is 18.2 Å². The lowest BCUT2D eigenvalue weighted by Crippen LogP contribution is -2.42. The average Bonchev–Trinajstić information content (AvgIpc) is 2.72. The van der Waals surface area contributed by atoms with E-state index >= 15 is 0 Å². The summed E-state index contributed by atoms with van der Waals surface area (Å²) in [6.07, 6.45) is 4.81. The van der Waals surface area contributed by atoms with Crippen molar-refractivity contribution in [1.29, 1.82) is 0 Å². The summed E-state index contributed by atoms with van der Waals surface area (Å²) in [4.78, 5) is 10.9. The van der Waals surface area contributed by atoms with Gasteiger partial charge in [0.1, 0.15) is 18.0 Å². The highest BCUT2D eigenvalue weighted by molar-refractivity contribution is 9.10. The molecule has 1 aliphatic rings. The van der Waals surface area contributed by atoms with Crippen LogP contribution in [-0.2, 0) is 6.54 Å². The Bertz CT molecular complexity index is 775. The number of nitrogens with zero attached hydrogens (tertiary/aromatic N) is 3. The van der Waals surface area contributed by atoms with Crippen molar-refractivity contribution in [2.75, 3.05) is 37.6 Å². The number of rotatable bonds is 7. The highest BCUT2D eigenvalue weighted by atomic mass is 79.9. The first-order chi connectivity index (χ1) is 13.2. The van der Waals surface area contributed by atoms with E-state index in [0.717, 1.165) is 47.5 Å². The third-order valence-electron chi connectivity index (χ3n) is 4.75. The van der Waals surface area contributed by atoms with Gasteiger partial charge in [0.15, 0.2) is 11.5 Å². The van der Waals surface area contributed by atoms with Crippen LogP contribution in [0, 0.1) is 0 Å². The molecule has 2 aromatic rings. The molecule has 0 saturated carbocycles. The predicted molar refractivity (Wildman–Crippen MR) is 109 cm³/mol. The van der Waals surface area contributed by atoms with Crippen molar-refractivity contribution in [2.24, 2.45) is 0 Å². The zero-order valence-corrected chi connectivity index (χ0v) is 17.2. The van der Waals surface area contributed by atoms with E-state index in [0.29, 0.717) is 18.0 Å². The zero-order chi connectivity index (χ0) is 19.2. The van der Waals surface area contributed by atoms with Crippen LogP contribution in [0.5, 0.6) is 11.5 Å². The molecule has 7 nitrogen and oxygen atoms in total. The van der Waals surface area contributed by atoms with Gasteiger partial charge in [0.05, 0.1) is 31.3 Å². The molecule has 2 N–H and O–H groups in total. The van der Waals surface area contributed by atoms with Gasteiger partial charge in [-0.15, -0.1) is 0 Å². The number of anilines is 2. The van der Waals surface area contributed by atoms with Crippen LogP contribution in [0.1, 0.15) is 24.8 Å². The molecule has 2 heterocycles. The van der Waals surface area contributed by atoms with Gasteiger partial charge in [-0.25, -0.2) is 9.97 Å². The molecule has 3 rings (SSSR count). The zero-order valence-electron chi connectivity index (χ0n) is 15.6. The van der Waals surface area contributed by atoms with Crippen LogP contribution in [-0.4, -0.2) is 48.5 Å². The van der Waals surface area contributed by atoms with Crippen molar-refractivity contribution >= 4 is 27.6 Å². The van der Waals surface area contributed by atoms with E-state index in [9.17, 15) is 5.11 Å². The number of piperidine rings is 1. The predicted octanol–water partition coefficient (Wildman–Crippen LogP) is 3.22. The van der Waals surface area contributed by atoms with E-state index in [2.05, 4.69) is 36.1 Å². The lowest BCUT2D eigenvalue weighted by Gasteiger charge is -2.35. The Kier molecular flexibility index (Phi) is 6.73. The highest BCUT2D eigenvalue weighted by Crippen LogP contribution is 2.36. The Labute approximate surface area is 167 Å². The molecule has 8 heteroatoms. The van der Waals surface area contributed by atoms with Crippen molar-refractivity contribution in [1.82, 2.24) is 9.97 Å². The Morgan fingerprint density at radius 2 is 2.07 bits per heavy atom. The molecule has 1 aromatic heterocycles. The Morgan fingerprint density at radius 3 is 2.81 bits per heavy atom. The number of methoxy groups -OCH3 is 2. The molecule has 1 fully saturated rings. The average molecular weight is 437 g/mol. The Hall–Kier alpha value is -2.06. The van der Waals surface area contributed by atoms with E-state index in [1.54, 1.807) is 20.5 Å². The number of aliphatic hydroxyl groups excluding tert-OH is 1. The van der Waals surface area contributed by atoms with Crippen LogP contribution in [0.4, 0.5) is 11.6 Å². The minimum atomic E-state index is 0.128. The molecule has 0 aliphatic carbocycles. The molecule has 27 heavy (non-hydrogen) atoms. The first kappa shape index (κ1) is 19.7. The maximum atomic E-state index is 9.63. The molecule has 0 radical (unpaired) electrons. The SMILES string of the molecule is COc1cc(CNc2cc(N3CCCCC3CO)ncn2)cc(Br)c1OC. The largest absolute Gasteiger partial charge is 0.493 e. The molecule has 1 aromatic carbocycles. The molecule has 0 bridgehead atoms. The Balaban J connectivity index is 1.73. The number of nitrogens with one attached hydrogen (secondary N) is 1. The quantitative estimate of drug-likeness (QED) is 0.689. The van der Waals surface area contributed by atoms with Crippen molar-refractivity contribution in [2.45, 2.75) is 31.8 Å². The van der Waals surface area contributed by atoms with Crippen molar-refractivity contribution in [3.63, 3.8) is 0 Å². The topological polar surface area (TPSA) is 79.7 Å². The summed E-state index contributed by atoms with van der Waals surface area (Å²) in [6, 6.07) is 5.99. The lowest BCUT2D eigenvalue weighted by atomic mass is 10.0. The molecule has 1 unspecified atom stereocenters. The third-order valence-corrected chi connectivity index (χ3v) is 5.34. The van der Waals surface area contributed by atoms with Crippen molar-refractivity contribution in [3.8, 4) is 11.5 Å². The molecular formula is C19H25BrN4O3. The molecule has 1 atom stereocenters. The summed E-state index contributed by atoms with van der Waals surface area (Å²) >= 11 is 3.51. The number of hydrogen-bond donors (Lipinski definition) is 2.